The van der Waals surface area contributed by atoms with Gasteiger partial charge >= 0.3 is 5.97 Å². The van der Waals surface area contributed by atoms with E-state index in [0.717, 1.165) is 17.5 Å². The molecule has 0 radical (unpaired) electrons. The van der Waals surface area contributed by atoms with Crippen molar-refractivity contribution in [3.05, 3.63) is 47.2 Å². The second-order valence-corrected chi connectivity index (χ2v) is 8.96. The minimum Gasteiger partial charge on any atom is -0.477 e. The smallest absolute Gasteiger partial charge is 0.352 e. The zero-order valence-electron chi connectivity index (χ0n) is 13.5. The number of rotatable bonds is 6. The number of hydrogen-bond donors (Lipinski definition) is 1. The zero-order valence-corrected chi connectivity index (χ0v) is 16.0. The van der Waals surface area contributed by atoms with E-state index in [9.17, 15) is 19.5 Å². The Kier molecular flexibility index (Phi) is 5.81. The molecule has 0 unspecified atom stereocenters. The van der Waals surface area contributed by atoms with Crippen LogP contribution in [0.15, 0.2) is 41.6 Å². The fraction of sp³-hybridized carbons (Fsp3) is 0.353. The van der Waals surface area contributed by atoms with Crippen LogP contribution in [0, 0.1) is 0 Å². The van der Waals surface area contributed by atoms with E-state index in [1.807, 2.05) is 13.0 Å². The summed E-state index contributed by atoms with van der Waals surface area (Å²) in [5.41, 5.74) is 1.29. The lowest BCUT2D eigenvalue weighted by Gasteiger charge is -2.49. The van der Waals surface area contributed by atoms with Crippen molar-refractivity contribution in [2.75, 3.05) is 17.3 Å². The highest BCUT2D eigenvalue weighted by atomic mass is 32.2. The molecular formula is C17H17NO4S3. The molecule has 3 rings (SSSR count). The van der Waals surface area contributed by atoms with E-state index < -0.39 is 5.97 Å². The van der Waals surface area contributed by atoms with E-state index >= 15 is 0 Å². The lowest BCUT2D eigenvalue weighted by molar-refractivity contribution is -0.145. The largest absolute Gasteiger partial charge is 0.477 e. The van der Waals surface area contributed by atoms with Gasteiger partial charge < -0.3 is 5.11 Å². The molecule has 0 bridgehead atoms. The minimum atomic E-state index is -1.10. The van der Waals surface area contributed by atoms with E-state index in [2.05, 4.69) is 0 Å². The van der Waals surface area contributed by atoms with Crippen molar-refractivity contribution in [3.63, 3.8) is 0 Å². The molecule has 2 heterocycles. The maximum atomic E-state index is 12.3. The number of aliphatic carboxylic acids is 1. The summed E-state index contributed by atoms with van der Waals surface area (Å²) in [5, 5.41) is 9.22. The first kappa shape index (κ1) is 18.4. The molecule has 132 valence electrons. The number of benzene rings is 1. The Bertz CT molecular complexity index is 735. The van der Waals surface area contributed by atoms with Crippen LogP contribution in [0.3, 0.4) is 0 Å². The monoisotopic (exact) mass is 395 g/mol. The van der Waals surface area contributed by atoms with Crippen molar-refractivity contribution < 1.29 is 19.5 Å². The standard InChI is InChI=1S/C17H17NO4S3/c1-2-23-13-14(19)18-12(16(20)21)11(8-24-15(13)18)9-25-17(22)10-6-4-3-5-7-10/h3-7,13,15H,2,8-9H2,1H3,(H,20,21)/t13-,15+/m0/s1. The fourth-order valence-electron chi connectivity index (χ4n) is 2.77. The predicted molar refractivity (Wildman–Crippen MR) is 103 cm³/mol. The average Bonchev–Trinajstić information content (AvgIpc) is 2.63. The highest BCUT2D eigenvalue weighted by Gasteiger charge is 2.53. The third-order valence-electron chi connectivity index (χ3n) is 3.93. The number of β-lactam (4-membered cyclic amide) rings is 1. The Morgan fingerprint density at radius 1 is 1.32 bits per heavy atom. The quantitative estimate of drug-likeness (QED) is 0.742. The zero-order chi connectivity index (χ0) is 18.0. The van der Waals surface area contributed by atoms with Gasteiger partial charge in [0.05, 0.1) is 0 Å². The first-order valence-corrected chi connectivity index (χ1v) is 10.9. The third-order valence-corrected chi connectivity index (χ3v) is 7.59. The second kappa shape index (κ2) is 7.88. The van der Waals surface area contributed by atoms with E-state index in [0.29, 0.717) is 16.9 Å². The third kappa shape index (κ3) is 3.61. The van der Waals surface area contributed by atoms with Crippen LogP contribution in [0.2, 0.25) is 0 Å². The van der Waals surface area contributed by atoms with Crippen molar-refractivity contribution in [3.8, 4) is 0 Å². The Morgan fingerprint density at radius 3 is 2.68 bits per heavy atom. The maximum Gasteiger partial charge on any atom is 0.352 e. The topological polar surface area (TPSA) is 74.7 Å². The van der Waals surface area contributed by atoms with Crippen molar-refractivity contribution in [1.82, 2.24) is 4.90 Å². The van der Waals surface area contributed by atoms with E-state index in [4.69, 9.17) is 0 Å². The molecule has 0 saturated carbocycles. The lowest BCUT2D eigenvalue weighted by Crippen LogP contribution is -2.63. The van der Waals surface area contributed by atoms with Crippen LogP contribution in [0.5, 0.6) is 0 Å². The lowest BCUT2D eigenvalue weighted by atomic mass is 10.1. The Labute approximate surface area is 158 Å². The van der Waals surface area contributed by atoms with E-state index in [-0.39, 0.29) is 33.1 Å². The molecule has 2 aliphatic rings. The van der Waals surface area contributed by atoms with Crippen molar-refractivity contribution in [2.24, 2.45) is 0 Å². The minimum absolute atomic E-state index is 0.0649. The molecule has 2 atom stereocenters. The van der Waals surface area contributed by atoms with Gasteiger partial charge in [-0.3, -0.25) is 14.5 Å². The Hall–Kier alpha value is -1.38. The van der Waals surface area contributed by atoms with Crippen LogP contribution in [0.4, 0.5) is 0 Å². The summed E-state index contributed by atoms with van der Waals surface area (Å²) in [7, 11) is 0. The number of thioether (sulfide) groups is 3. The summed E-state index contributed by atoms with van der Waals surface area (Å²) < 4.78 is 0. The highest BCUT2D eigenvalue weighted by molar-refractivity contribution is 8.14. The van der Waals surface area contributed by atoms with Crippen molar-refractivity contribution in [2.45, 2.75) is 17.5 Å². The molecule has 1 N–H and O–H groups in total. The normalized spacial score (nSPS) is 22.4. The molecule has 1 aromatic carbocycles. The molecule has 0 aliphatic carbocycles. The molecule has 1 aromatic rings. The van der Waals surface area contributed by atoms with Gasteiger partial charge in [0.25, 0.3) is 0 Å². The number of nitrogens with zero attached hydrogens (tertiary/aromatic N) is 1. The molecule has 5 nitrogen and oxygen atoms in total. The maximum absolute atomic E-state index is 12.3. The number of carbonyl (C=O) groups excluding carboxylic acids is 2. The van der Waals surface area contributed by atoms with Gasteiger partial charge in [-0.05, 0) is 11.3 Å². The van der Waals surface area contributed by atoms with Crippen LogP contribution in [0.25, 0.3) is 0 Å². The molecule has 2 aliphatic heterocycles. The fourth-order valence-corrected chi connectivity index (χ4v) is 6.38. The van der Waals surface area contributed by atoms with Crippen LogP contribution in [0.1, 0.15) is 17.3 Å². The van der Waals surface area contributed by atoms with E-state index in [1.165, 1.54) is 4.90 Å². The summed E-state index contributed by atoms with van der Waals surface area (Å²) in [6.45, 7) is 1.99. The van der Waals surface area contributed by atoms with Crippen molar-refractivity contribution in [1.29, 1.82) is 0 Å². The summed E-state index contributed by atoms with van der Waals surface area (Å²) in [6.07, 6.45) is 0. The molecule has 0 spiro atoms. The summed E-state index contributed by atoms with van der Waals surface area (Å²) in [5.74, 6) is 0.401. The summed E-state index contributed by atoms with van der Waals surface area (Å²) in [6, 6.07) is 8.89. The van der Waals surface area contributed by atoms with Gasteiger partial charge in [-0.15, -0.1) is 23.5 Å². The van der Waals surface area contributed by atoms with Gasteiger partial charge in [-0.2, -0.15) is 0 Å². The van der Waals surface area contributed by atoms with Gasteiger partial charge in [-0.1, -0.05) is 49.0 Å². The summed E-state index contributed by atoms with van der Waals surface area (Å²) in [4.78, 5) is 37.7. The first-order valence-electron chi connectivity index (χ1n) is 7.78. The molecular weight excluding hydrogens is 378 g/mol. The van der Waals surface area contributed by atoms with E-state index in [1.54, 1.807) is 47.8 Å². The SMILES string of the molecule is CCS[C@H]1C(=O)N2C(C(=O)O)=C(CSC(=O)c3ccccc3)CS[C@H]12. The van der Waals surface area contributed by atoms with Crippen molar-refractivity contribution >= 4 is 52.3 Å². The summed E-state index contributed by atoms with van der Waals surface area (Å²) >= 11 is 4.22. The second-order valence-electron chi connectivity index (χ2n) is 5.49. The number of amides is 1. The predicted octanol–water partition coefficient (Wildman–Crippen LogP) is 2.94. The van der Waals surface area contributed by atoms with Gasteiger partial charge in [0.2, 0.25) is 11.0 Å². The van der Waals surface area contributed by atoms with Crippen LogP contribution in [-0.2, 0) is 9.59 Å². The number of fused-ring (bicyclic) bond motifs is 1. The number of carboxylic acids is 1. The number of hydrogen-bond acceptors (Lipinski definition) is 6. The average molecular weight is 396 g/mol. The molecule has 25 heavy (non-hydrogen) atoms. The number of carboxylic acid groups (broad SMARTS) is 1. The first-order chi connectivity index (χ1) is 12.0. The van der Waals surface area contributed by atoms with Crippen LogP contribution in [-0.4, -0.2) is 54.9 Å². The Balaban J connectivity index is 1.74. The Morgan fingerprint density at radius 2 is 2.04 bits per heavy atom. The molecule has 8 heteroatoms. The van der Waals surface area contributed by atoms with Gasteiger partial charge in [0.15, 0.2) is 0 Å². The molecule has 1 saturated heterocycles. The number of carbonyl (C=O) groups is 3. The highest BCUT2D eigenvalue weighted by Crippen LogP contribution is 2.45. The molecule has 1 fully saturated rings. The van der Waals surface area contributed by atoms with Gasteiger partial charge in [-0.25, -0.2) is 4.79 Å². The van der Waals surface area contributed by atoms with Crippen LogP contribution >= 0.6 is 35.3 Å². The molecule has 1 amide bonds. The van der Waals surface area contributed by atoms with Gasteiger partial charge in [0.1, 0.15) is 16.3 Å². The molecule has 0 aromatic heterocycles. The van der Waals surface area contributed by atoms with Crippen LogP contribution < -0.4 is 0 Å². The van der Waals surface area contributed by atoms with Gasteiger partial charge in [0, 0.05) is 17.1 Å².